The zero-order valence-corrected chi connectivity index (χ0v) is 12.8. The van der Waals surface area contributed by atoms with E-state index in [9.17, 15) is 0 Å². The average Bonchev–Trinajstić information content (AvgIpc) is 2.69. The van der Waals surface area contributed by atoms with Gasteiger partial charge in [-0.1, -0.05) is 6.92 Å². The minimum atomic E-state index is 0.717. The number of rotatable bonds is 5. The van der Waals surface area contributed by atoms with E-state index >= 15 is 0 Å². The van der Waals surface area contributed by atoms with Crippen LogP contribution in [0.4, 0.5) is 11.6 Å². The molecule has 6 nitrogen and oxygen atoms in total. The quantitative estimate of drug-likeness (QED) is 0.873. The van der Waals surface area contributed by atoms with E-state index in [1.54, 1.807) is 0 Å². The van der Waals surface area contributed by atoms with Crippen molar-refractivity contribution in [3.8, 4) is 0 Å². The van der Waals surface area contributed by atoms with Crippen molar-refractivity contribution in [1.29, 1.82) is 0 Å². The fourth-order valence-corrected chi connectivity index (χ4v) is 2.13. The Bertz CT molecular complexity index is 580. The predicted octanol–water partition coefficient (Wildman–Crippen LogP) is 2.04. The van der Waals surface area contributed by atoms with Gasteiger partial charge in [0.2, 0.25) is 0 Å². The highest BCUT2D eigenvalue weighted by Crippen LogP contribution is 2.16. The van der Waals surface area contributed by atoms with Gasteiger partial charge < -0.3 is 10.6 Å². The molecule has 0 aliphatic rings. The minimum Gasteiger partial charge on any atom is -0.373 e. The largest absolute Gasteiger partial charge is 0.373 e. The van der Waals surface area contributed by atoms with Gasteiger partial charge in [-0.25, -0.2) is 9.97 Å². The SMILES string of the molecule is CCc1nc(NC)cc(NCc2c(C)nn(C)c2C)n1. The molecule has 0 bridgehead atoms. The van der Waals surface area contributed by atoms with Crippen LogP contribution in [0.15, 0.2) is 6.07 Å². The molecule has 0 aliphatic heterocycles. The summed E-state index contributed by atoms with van der Waals surface area (Å²) in [6.45, 7) is 6.87. The van der Waals surface area contributed by atoms with Crippen LogP contribution < -0.4 is 10.6 Å². The van der Waals surface area contributed by atoms with Crippen molar-refractivity contribution in [1.82, 2.24) is 19.7 Å². The predicted molar refractivity (Wildman–Crippen MR) is 81.0 cm³/mol. The summed E-state index contributed by atoms with van der Waals surface area (Å²) in [5.74, 6) is 2.50. The van der Waals surface area contributed by atoms with Gasteiger partial charge in [0.15, 0.2) is 0 Å². The van der Waals surface area contributed by atoms with E-state index in [-0.39, 0.29) is 0 Å². The lowest BCUT2D eigenvalue weighted by Crippen LogP contribution is -2.07. The Hall–Kier alpha value is -2.11. The maximum absolute atomic E-state index is 4.49. The number of hydrogen-bond donors (Lipinski definition) is 2. The summed E-state index contributed by atoms with van der Waals surface area (Å²) in [6.07, 6.45) is 0.815. The lowest BCUT2D eigenvalue weighted by molar-refractivity contribution is 0.730. The molecule has 108 valence electrons. The fraction of sp³-hybridized carbons (Fsp3) is 0.500. The monoisotopic (exact) mass is 274 g/mol. The van der Waals surface area contributed by atoms with Crippen molar-refractivity contribution in [2.24, 2.45) is 7.05 Å². The molecule has 2 rings (SSSR count). The van der Waals surface area contributed by atoms with Crippen LogP contribution in [0.5, 0.6) is 0 Å². The van der Waals surface area contributed by atoms with Crippen molar-refractivity contribution in [3.63, 3.8) is 0 Å². The summed E-state index contributed by atoms with van der Waals surface area (Å²) < 4.78 is 1.91. The van der Waals surface area contributed by atoms with Gasteiger partial charge in [-0.2, -0.15) is 5.10 Å². The molecule has 0 radical (unpaired) electrons. The van der Waals surface area contributed by atoms with Gasteiger partial charge in [-0.3, -0.25) is 4.68 Å². The van der Waals surface area contributed by atoms with E-state index < -0.39 is 0 Å². The smallest absolute Gasteiger partial charge is 0.132 e. The Morgan fingerprint density at radius 2 is 1.90 bits per heavy atom. The van der Waals surface area contributed by atoms with Crippen LogP contribution in [0.1, 0.15) is 29.7 Å². The summed E-state index contributed by atoms with van der Waals surface area (Å²) >= 11 is 0. The van der Waals surface area contributed by atoms with Crippen molar-refractivity contribution < 1.29 is 0 Å². The summed E-state index contributed by atoms with van der Waals surface area (Å²) in [5.41, 5.74) is 3.44. The second-order valence-corrected chi connectivity index (χ2v) is 4.78. The maximum Gasteiger partial charge on any atom is 0.132 e. The first kappa shape index (κ1) is 14.3. The molecule has 0 fully saturated rings. The maximum atomic E-state index is 4.49. The van der Waals surface area contributed by atoms with E-state index in [4.69, 9.17) is 0 Å². The van der Waals surface area contributed by atoms with Crippen molar-refractivity contribution in [3.05, 3.63) is 28.8 Å². The molecule has 6 heteroatoms. The lowest BCUT2D eigenvalue weighted by atomic mass is 10.2. The molecule has 2 heterocycles. The van der Waals surface area contributed by atoms with Crippen LogP contribution >= 0.6 is 0 Å². The van der Waals surface area contributed by atoms with Crippen molar-refractivity contribution >= 4 is 11.6 Å². The Morgan fingerprint density at radius 3 is 2.45 bits per heavy atom. The second-order valence-electron chi connectivity index (χ2n) is 4.78. The normalized spacial score (nSPS) is 10.7. The van der Waals surface area contributed by atoms with Gasteiger partial charge >= 0.3 is 0 Å². The average molecular weight is 274 g/mol. The Labute approximate surface area is 119 Å². The Kier molecular flexibility index (Phi) is 4.22. The van der Waals surface area contributed by atoms with Crippen LogP contribution in [0.3, 0.4) is 0 Å². The molecule has 2 aromatic rings. The molecule has 0 aliphatic carbocycles. The van der Waals surface area contributed by atoms with E-state index in [0.717, 1.165) is 36.1 Å². The molecule has 0 atom stereocenters. The van der Waals surface area contributed by atoms with E-state index in [2.05, 4.69) is 32.6 Å². The number of aromatic nitrogens is 4. The van der Waals surface area contributed by atoms with Crippen molar-refractivity contribution in [2.75, 3.05) is 17.7 Å². The lowest BCUT2D eigenvalue weighted by Gasteiger charge is -2.09. The molecule has 2 N–H and O–H groups in total. The van der Waals surface area contributed by atoms with Crippen LogP contribution in [-0.2, 0) is 20.0 Å². The van der Waals surface area contributed by atoms with Crippen LogP contribution in [0.2, 0.25) is 0 Å². The van der Waals surface area contributed by atoms with Crippen LogP contribution in [0, 0.1) is 13.8 Å². The highest BCUT2D eigenvalue weighted by molar-refractivity contribution is 5.47. The summed E-state index contributed by atoms with van der Waals surface area (Å²) in [5, 5.41) is 10.8. The standard InChI is InChI=1S/C14H22N6/c1-6-12-17-13(15-4)7-14(18-12)16-8-11-9(2)19-20(5)10(11)3/h7H,6,8H2,1-5H3,(H2,15,16,17,18). The van der Waals surface area contributed by atoms with E-state index in [1.807, 2.05) is 38.7 Å². The second kappa shape index (κ2) is 5.90. The third kappa shape index (κ3) is 2.89. The minimum absolute atomic E-state index is 0.717. The van der Waals surface area contributed by atoms with Crippen LogP contribution in [-0.4, -0.2) is 26.8 Å². The third-order valence-corrected chi connectivity index (χ3v) is 3.45. The molecule has 0 unspecified atom stereocenters. The number of aryl methyl sites for hydroxylation is 3. The topological polar surface area (TPSA) is 67.7 Å². The Morgan fingerprint density at radius 1 is 1.20 bits per heavy atom. The number of anilines is 2. The summed E-state index contributed by atoms with van der Waals surface area (Å²) in [7, 11) is 3.83. The Balaban J connectivity index is 2.18. The zero-order valence-electron chi connectivity index (χ0n) is 12.8. The first-order valence-electron chi connectivity index (χ1n) is 6.83. The molecule has 0 saturated carbocycles. The van der Waals surface area contributed by atoms with E-state index in [0.29, 0.717) is 0 Å². The highest BCUT2D eigenvalue weighted by atomic mass is 15.3. The van der Waals surface area contributed by atoms with Gasteiger partial charge in [0.1, 0.15) is 17.5 Å². The summed E-state index contributed by atoms with van der Waals surface area (Å²) in [4.78, 5) is 8.88. The summed E-state index contributed by atoms with van der Waals surface area (Å²) in [6, 6.07) is 1.92. The molecule has 2 aromatic heterocycles. The number of nitrogens with zero attached hydrogens (tertiary/aromatic N) is 4. The van der Waals surface area contributed by atoms with Gasteiger partial charge in [-0.15, -0.1) is 0 Å². The molecule has 20 heavy (non-hydrogen) atoms. The highest BCUT2D eigenvalue weighted by Gasteiger charge is 2.09. The third-order valence-electron chi connectivity index (χ3n) is 3.45. The first-order chi connectivity index (χ1) is 9.55. The molecule has 0 spiro atoms. The van der Waals surface area contributed by atoms with Gasteiger partial charge in [0, 0.05) is 44.4 Å². The fourth-order valence-electron chi connectivity index (χ4n) is 2.13. The molecule has 0 amide bonds. The van der Waals surface area contributed by atoms with Gasteiger partial charge in [-0.05, 0) is 13.8 Å². The van der Waals surface area contributed by atoms with Gasteiger partial charge in [0.05, 0.1) is 5.69 Å². The van der Waals surface area contributed by atoms with E-state index in [1.165, 1.54) is 11.3 Å². The molecule has 0 saturated heterocycles. The van der Waals surface area contributed by atoms with Crippen molar-refractivity contribution in [2.45, 2.75) is 33.7 Å². The first-order valence-corrected chi connectivity index (χ1v) is 6.83. The van der Waals surface area contributed by atoms with Crippen LogP contribution in [0.25, 0.3) is 0 Å². The number of nitrogens with one attached hydrogen (secondary N) is 2. The number of hydrogen-bond acceptors (Lipinski definition) is 5. The molecular formula is C14H22N6. The van der Waals surface area contributed by atoms with Gasteiger partial charge in [0.25, 0.3) is 0 Å². The zero-order chi connectivity index (χ0) is 14.7. The molecular weight excluding hydrogens is 252 g/mol. The molecule has 0 aromatic carbocycles.